The quantitative estimate of drug-likeness (QED) is 0.693. The van der Waals surface area contributed by atoms with Gasteiger partial charge in [0.25, 0.3) is 0 Å². The van der Waals surface area contributed by atoms with Crippen molar-refractivity contribution in [3.63, 3.8) is 0 Å². The zero-order valence-corrected chi connectivity index (χ0v) is 11.4. The van der Waals surface area contributed by atoms with Crippen LogP contribution in [0.1, 0.15) is 11.3 Å². The molecule has 1 aromatic carbocycles. The number of nitriles is 1. The van der Waals surface area contributed by atoms with Crippen molar-refractivity contribution < 1.29 is 0 Å². The predicted octanol–water partition coefficient (Wildman–Crippen LogP) is 3.20. The van der Waals surface area contributed by atoms with Crippen molar-refractivity contribution in [2.75, 3.05) is 0 Å². The highest BCUT2D eigenvalue weighted by Crippen LogP contribution is 2.18. The number of aromatic nitrogens is 3. The van der Waals surface area contributed by atoms with Gasteiger partial charge in [-0.3, -0.25) is 4.68 Å². The first-order chi connectivity index (χ1) is 9.78. The summed E-state index contributed by atoms with van der Waals surface area (Å²) in [5.74, 6) is 0. The molecule has 98 valence electrons. The zero-order chi connectivity index (χ0) is 13.9. The largest absolute Gasteiger partial charge is 0.263 e. The van der Waals surface area contributed by atoms with Gasteiger partial charge in [0, 0.05) is 18.1 Å². The minimum Gasteiger partial charge on any atom is -0.263 e. The van der Waals surface area contributed by atoms with Gasteiger partial charge >= 0.3 is 0 Å². The highest BCUT2D eigenvalue weighted by molar-refractivity contribution is 6.29. The summed E-state index contributed by atoms with van der Waals surface area (Å²) in [5, 5.41) is 14.8. The maximum absolute atomic E-state index is 9.11. The average Bonchev–Trinajstić information content (AvgIpc) is 2.85. The fraction of sp³-hybridized carbons (Fsp3) is 0.133. The van der Waals surface area contributed by atoms with Crippen molar-refractivity contribution in [3.8, 4) is 6.07 Å². The van der Waals surface area contributed by atoms with Gasteiger partial charge in [-0.1, -0.05) is 29.8 Å². The fourth-order valence-electron chi connectivity index (χ4n) is 2.17. The van der Waals surface area contributed by atoms with Gasteiger partial charge in [-0.05, 0) is 30.2 Å². The minimum absolute atomic E-state index is 0.467. The van der Waals surface area contributed by atoms with E-state index < -0.39 is 0 Å². The van der Waals surface area contributed by atoms with Crippen LogP contribution in [-0.4, -0.2) is 14.8 Å². The Hall–Kier alpha value is -2.38. The van der Waals surface area contributed by atoms with E-state index in [9.17, 15) is 0 Å². The Morgan fingerprint density at radius 3 is 2.80 bits per heavy atom. The molecule has 3 rings (SSSR count). The van der Waals surface area contributed by atoms with Gasteiger partial charge in [-0.2, -0.15) is 10.4 Å². The molecule has 2 heterocycles. The first-order valence-electron chi connectivity index (χ1n) is 6.24. The second-order valence-electron chi connectivity index (χ2n) is 4.44. The SMILES string of the molecule is N#Cc1nn(CCc2ccc(Cl)nc2)c2ccccc12. The third kappa shape index (κ3) is 2.36. The summed E-state index contributed by atoms with van der Waals surface area (Å²) in [7, 11) is 0. The molecule has 0 saturated heterocycles. The molecule has 20 heavy (non-hydrogen) atoms. The number of nitrogens with zero attached hydrogens (tertiary/aromatic N) is 4. The minimum atomic E-state index is 0.467. The van der Waals surface area contributed by atoms with E-state index in [1.54, 1.807) is 12.3 Å². The normalized spacial score (nSPS) is 10.6. The van der Waals surface area contributed by atoms with E-state index in [1.807, 2.05) is 35.0 Å². The second kappa shape index (κ2) is 5.32. The molecule has 0 aliphatic carbocycles. The van der Waals surface area contributed by atoms with E-state index in [1.165, 1.54) is 0 Å². The summed E-state index contributed by atoms with van der Waals surface area (Å²) < 4.78 is 1.86. The van der Waals surface area contributed by atoms with Crippen LogP contribution in [0, 0.1) is 11.3 Å². The van der Waals surface area contributed by atoms with Gasteiger partial charge in [0.2, 0.25) is 0 Å². The number of halogens is 1. The Morgan fingerprint density at radius 2 is 2.05 bits per heavy atom. The highest BCUT2D eigenvalue weighted by atomic mass is 35.5. The Morgan fingerprint density at radius 1 is 1.20 bits per heavy atom. The van der Waals surface area contributed by atoms with Crippen LogP contribution < -0.4 is 0 Å². The highest BCUT2D eigenvalue weighted by Gasteiger charge is 2.09. The number of hydrogen-bond acceptors (Lipinski definition) is 3. The van der Waals surface area contributed by atoms with Crippen molar-refractivity contribution in [2.24, 2.45) is 0 Å². The van der Waals surface area contributed by atoms with E-state index in [2.05, 4.69) is 16.2 Å². The lowest BCUT2D eigenvalue weighted by atomic mass is 10.2. The number of para-hydroxylation sites is 1. The molecule has 0 amide bonds. The smallest absolute Gasteiger partial charge is 0.170 e. The van der Waals surface area contributed by atoms with Crippen LogP contribution in [0.15, 0.2) is 42.6 Å². The summed E-state index contributed by atoms with van der Waals surface area (Å²) in [6.07, 6.45) is 2.56. The Labute approximate surface area is 121 Å². The van der Waals surface area contributed by atoms with Gasteiger partial charge in [0.15, 0.2) is 5.69 Å². The first-order valence-corrected chi connectivity index (χ1v) is 6.62. The standard InChI is InChI=1S/C15H11ClN4/c16-15-6-5-11(10-18-15)7-8-20-14-4-2-1-3-12(14)13(9-17)19-20/h1-6,10H,7-8H2. The van der Waals surface area contributed by atoms with Crippen LogP contribution in [0.5, 0.6) is 0 Å². The summed E-state index contributed by atoms with van der Waals surface area (Å²) in [4.78, 5) is 4.06. The topological polar surface area (TPSA) is 54.5 Å². The average molecular weight is 283 g/mol. The monoisotopic (exact) mass is 282 g/mol. The molecule has 0 aliphatic rings. The van der Waals surface area contributed by atoms with Crippen molar-refractivity contribution >= 4 is 22.5 Å². The zero-order valence-electron chi connectivity index (χ0n) is 10.6. The van der Waals surface area contributed by atoms with Crippen molar-refractivity contribution in [3.05, 3.63) is 59.0 Å². The van der Waals surface area contributed by atoms with Gasteiger partial charge in [0.05, 0.1) is 5.52 Å². The summed E-state index contributed by atoms with van der Waals surface area (Å²) in [6, 6.07) is 13.6. The Bertz CT molecular complexity index is 784. The van der Waals surface area contributed by atoms with Crippen LogP contribution in [-0.2, 0) is 13.0 Å². The second-order valence-corrected chi connectivity index (χ2v) is 4.83. The molecule has 4 nitrogen and oxygen atoms in total. The Balaban J connectivity index is 1.88. The molecule has 0 radical (unpaired) electrons. The molecule has 0 atom stereocenters. The van der Waals surface area contributed by atoms with Gasteiger partial charge in [0.1, 0.15) is 11.2 Å². The number of fused-ring (bicyclic) bond motifs is 1. The maximum atomic E-state index is 9.11. The number of hydrogen-bond donors (Lipinski definition) is 0. The van der Waals surface area contributed by atoms with Crippen molar-refractivity contribution in [1.29, 1.82) is 5.26 Å². The summed E-state index contributed by atoms with van der Waals surface area (Å²) >= 11 is 5.76. The molecular weight excluding hydrogens is 272 g/mol. The van der Waals surface area contributed by atoms with E-state index in [-0.39, 0.29) is 0 Å². The van der Waals surface area contributed by atoms with Crippen molar-refractivity contribution in [2.45, 2.75) is 13.0 Å². The molecule has 0 spiro atoms. The van der Waals surface area contributed by atoms with Crippen LogP contribution in [0.25, 0.3) is 10.9 Å². The van der Waals surface area contributed by atoms with Crippen LogP contribution >= 0.6 is 11.6 Å². The predicted molar refractivity (Wildman–Crippen MR) is 77.4 cm³/mol. The van der Waals surface area contributed by atoms with E-state index in [4.69, 9.17) is 16.9 Å². The number of benzene rings is 1. The molecule has 2 aromatic heterocycles. The molecule has 0 N–H and O–H groups in total. The lowest BCUT2D eigenvalue weighted by Crippen LogP contribution is -2.03. The first kappa shape index (κ1) is 12.6. The molecule has 0 fully saturated rings. The molecule has 0 unspecified atom stereocenters. The van der Waals surface area contributed by atoms with E-state index in [0.717, 1.165) is 22.9 Å². The van der Waals surface area contributed by atoms with Gasteiger partial charge in [-0.25, -0.2) is 4.98 Å². The third-order valence-electron chi connectivity index (χ3n) is 3.16. The van der Waals surface area contributed by atoms with Crippen LogP contribution in [0.3, 0.4) is 0 Å². The van der Waals surface area contributed by atoms with Crippen molar-refractivity contribution in [1.82, 2.24) is 14.8 Å². The molecule has 0 bridgehead atoms. The molecule has 5 heteroatoms. The number of aryl methyl sites for hydroxylation is 2. The van der Waals surface area contributed by atoms with Gasteiger partial charge in [-0.15, -0.1) is 0 Å². The number of rotatable bonds is 3. The molecule has 3 aromatic rings. The molecular formula is C15H11ClN4. The van der Waals surface area contributed by atoms with E-state index >= 15 is 0 Å². The molecule has 0 saturated carbocycles. The van der Waals surface area contributed by atoms with Crippen LogP contribution in [0.4, 0.5) is 0 Å². The maximum Gasteiger partial charge on any atom is 0.170 e. The Kier molecular flexibility index (Phi) is 3.36. The van der Waals surface area contributed by atoms with Gasteiger partial charge < -0.3 is 0 Å². The molecule has 0 aliphatic heterocycles. The number of pyridine rings is 1. The lowest BCUT2D eigenvalue weighted by molar-refractivity contribution is 0.632. The lowest BCUT2D eigenvalue weighted by Gasteiger charge is -2.03. The fourth-order valence-corrected chi connectivity index (χ4v) is 2.28. The third-order valence-corrected chi connectivity index (χ3v) is 3.39. The summed E-state index contributed by atoms with van der Waals surface area (Å²) in [5.41, 5.74) is 2.54. The summed E-state index contributed by atoms with van der Waals surface area (Å²) in [6.45, 7) is 0.700. The van der Waals surface area contributed by atoms with Crippen LogP contribution in [0.2, 0.25) is 5.15 Å². The van der Waals surface area contributed by atoms with E-state index in [0.29, 0.717) is 17.4 Å².